The molecule has 5 heteroatoms. The van der Waals surface area contributed by atoms with E-state index >= 15 is 0 Å². The van der Waals surface area contributed by atoms with E-state index in [-0.39, 0.29) is 11.3 Å². The van der Waals surface area contributed by atoms with E-state index in [1.165, 1.54) is 13.0 Å². The Morgan fingerprint density at radius 3 is 2.30 bits per heavy atom. The molecule has 0 aliphatic carbocycles. The average Bonchev–Trinajstić information content (AvgIpc) is 2.53. The maximum absolute atomic E-state index is 11.7. The number of rotatable bonds is 3. The summed E-state index contributed by atoms with van der Waals surface area (Å²) < 4.78 is 5.14. The number of Topliss-reactive ketones (excluding diaryl/α,β-unsaturated/α-hetero) is 1. The fraction of sp³-hybridized carbons (Fsp3) is 0.111. The first-order valence-corrected chi connectivity index (χ1v) is 7.10. The van der Waals surface area contributed by atoms with Crippen LogP contribution in [0.5, 0.6) is 0 Å². The molecule has 0 aliphatic rings. The minimum absolute atomic E-state index is 0.0325. The quantitative estimate of drug-likeness (QED) is 0.399. The Morgan fingerprint density at radius 1 is 0.957 bits per heavy atom. The van der Waals surface area contributed by atoms with E-state index in [0.29, 0.717) is 16.7 Å². The van der Waals surface area contributed by atoms with Gasteiger partial charge in [0.25, 0.3) is 0 Å². The summed E-state index contributed by atoms with van der Waals surface area (Å²) in [5.74, 6) is -0.327. The highest BCUT2D eigenvalue weighted by Gasteiger charge is 2.09. The normalized spacial score (nSPS) is 11.2. The molecular weight excluding hydrogens is 292 g/mol. The van der Waals surface area contributed by atoms with Crippen molar-refractivity contribution < 1.29 is 9.21 Å². The molecular formula is C18H14N2O3. The van der Waals surface area contributed by atoms with Gasteiger partial charge in [0.05, 0.1) is 11.4 Å². The molecule has 3 aromatic rings. The lowest BCUT2D eigenvalue weighted by molar-refractivity contribution is 0.101. The van der Waals surface area contributed by atoms with Crippen LogP contribution in [0, 0.1) is 6.92 Å². The van der Waals surface area contributed by atoms with Crippen LogP contribution in [0.1, 0.15) is 22.8 Å². The van der Waals surface area contributed by atoms with Gasteiger partial charge < -0.3 is 4.42 Å². The molecule has 0 unspecified atom stereocenters. The lowest BCUT2D eigenvalue weighted by Gasteiger charge is -2.00. The maximum Gasteiger partial charge on any atom is 0.347 e. The van der Waals surface area contributed by atoms with Gasteiger partial charge in [-0.15, -0.1) is 0 Å². The standard InChI is InChI=1S/C18H14N2O3/c1-11-3-5-14(6-4-11)19-20-15-7-8-17-13(9-15)10-16(12(2)21)18(22)23-17/h3-10H,1-2H3. The van der Waals surface area contributed by atoms with Crippen molar-refractivity contribution in [3.63, 3.8) is 0 Å². The predicted molar refractivity (Wildman–Crippen MR) is 87.8 cm³/mol. The fourth-order valence-electron chi connectivity index (χ4n) is 2.15. The summed E-state index contributed by atoms with van der Waals surface area (Å²) in [6, 6.07) is 14.3. The molecule has 0 fully saturated rings. The topological polar surface area (TPSA) is 72.0 Å². The second-order valence-corrected chi connectivity index (χ2v) is 5.26. The fourth-order valence-corrected chi connectivity index (χ4v) is 2.15. The van der Waals surface area contributed by atoms with Crippen LogP contribution in [0.25, 0.3) is 11.0 Å². The molecule has 0 aliphatic heterocycles. The summed E-state index contributed by atoms with van der Waals surface area (Å²) in [5.41, 5.74) is 2.33. The van der Waals surface area contributed by atoms with E-state index in [4.69, 9.17) is 4.42 Å². The number of azo groups is 1. The molecule has 0 bridgehead atoms. The van der Waals surface area contributed by atoms with Crippen LogP contribution < -0.4 is 5.63 Å². The molecule has 0 saturated heterocycles. The number of hydrogen-bond acceptors (Lipinski definition) is 5. The van der Waals surface area contributed by atoms with Gasteiger partial charge in [-0.3, -0.25) is 4.79 Å². The Hall–Kier alpha value is -3.08. The highest BCUT2D eigenvalue weighted by atomic mass is 16.4. The summed E-state index contributed by atoms with van der Waals surface area (Å²) in [7, 11) is 0. The number of hydrogen-bond donors (Lipinski definition) is 0. The van der Waals surface area contributed by atoms with Crippen LogP contribution in [0.2, 0.25) is 0 Å². The van der Waals surface area contributed by atoms with Crippen molar-refractivity contribution in [2.24, 2.45) is 10.2 Å². The number of nitrogens with zero attached hydrogens (tertiary/aromatic N) is 2. The number of aryl methyl sites for hydroxylation is 1. The largest absolute Gasteiger partial charge is 0.422 e. The van der Waals surface area contributed by atoms with Gasteiger partial charge in [-0.1, -0.05) is 17.7 Å². The summed E-state index contributed by atoms with van der Waals surface area (Å²) in [4.78, 5) is 23.1. The van der Waals surface area contributed by atoms with Gasteiger partial charge in [-0.25, -0.2) is 4.79 Å². The molecule has 0 saturated carbocycles. The van der Waals surface area contributed by atoms with E-state index in [9.17, 15) is 9.59 Å². The molecule has 23 heavy (non-hydrogen) atoms. The van der Waals surface area contributed by atoms with Crippen molar-refractivity contribution in [2.45, 2.75) is 13.8 Å². The van der Waals surface area contributed by atoms with Crippen molar-refractivity contribution in [3.8, 4) is 0 Å². The molecule has 0 atom stereocenters. The van der Waals surface area contributed by atoms with Gasteiger partial charge in [-0.2, -0.15) is 10.2 Å². The van der Waals surface area contributed by atoms with Crippen molar-refractivity contribution in [1.29, 1.82) is 0 Å². The van der Waals surface area contributed by atoms with E-state index in [2.05, 4.69) is 10.2 Å². The lowest BCUT2D eigenvalue weighted by atomic mass is 10.1. The second-order valence-electron chi connectivity index (χ2n) is 5.26. The van der Waals surface area contributed by atoms with E-state index < -0.39 is 5.63 Å². The number of ketones is 1. The molecule has 1 heterocycles. The molecule has 0 N–H and O–H groups in total. The van der Waals surface area contributed by atoms with Crippen molar-refractivity contribution >= 4 is 28.1 Å². The smallest absolute Gasteiger partial charge is 0.347 e. The highest BCUT2D eigenvalue weighted by molar-refractivity contribution is 5.96. The molecule has 0 spiro atoms. The van der Waals surface area contributed by atoms with Gasteiger partial charge in [0.2, 0.25) is 0 Å². The summed E-state index contributed by atoms with van der Waals surface area (Å²) in [6.45, 7) is 3.34. The van der Waals surface area contributed by atoms with E-state index in [0.717, 1.165) is 11.3 Å². The number of fused-ring (bicyclic) bond motifs is 1. The Kier molecular flexibility index (Phi) is 3.85. The van der Waals surface area contributed by atoms with Crippen LogP contribution in [0.15, 0.2) is 68.0 Å². The Morgan fingerprint density at radius 2 is 1.61 bits per heavy atom. The van der Waals surface area contributed by atoms with Crippen molar-refractivity contribution in [3.05, 3.63) is 70.1 Å². The molecule has 114 valence electrons. The first-order chi connectivity index (χ1) is 11.0. The van der Waals surface area contributed by atoms with Gasteiger partial charge in [-0.05, 0) is 50.2 Å². The number of carbonyl (C=O) groups excluding carboxylic acids is 1. The van der Waals surface area contributed by atoms with Gasteiger partial charge in [0, 0.05) is 5.39 Å². The monoisotopic (exact) mass is 306 g/mol. The zero-order valence-electron chi connectivity index (χ0n) is 12.7. The number of benzene rings is 2. The molecule has 0 amide bonds. The van der Waals surface area contributed by atoms with Crippen LogP contribution >= 0.6 is 0 Å². The van der Waals surface area contributed by atoms with E-state index in [1.54, 1.807) is 18.2 Å². The summed E-state index contributed by atoms with van der Waals surface area (Å²) in [6.07, 6.45) is 0. The predicted octanol–water partition coefficient (Wildman–Crippen LogP) is 4.72. The molecule has 0 radical (unpaired) electrons. The zero-order valence-corrected chi connectivity index (χ0v) is 12.7. The molecule has 3 rings (SSSR count). The van der Waals surface area contributed by atoms with Gasteiger partial charge in [0.1, 0.15) is 11.1 Å². The minimum Gasteiger partial charge on any atom is -0.422 e. The maximum atomic E-state index is 11.7. The summed E-state index contributed by atoms with van der Waals surface area (Å²) >= 11 is 0. The van der Waals surface area contributed by atoms with E-state index in [1.807, 2.05) is 31.2 Å². The number of carbonyl (C=O) groups is 1. The van der Waals surface area contributed by atoms with Crippen molar-refractivity contribution in [1.82, 2.24) is 0 Å². The average molecular weight is 306 g/mol. The van der Waals surface area contributed by atoms with Crippen LogP contribution in [-0.4, -0.2) is 5.78 Å². The summed E-state index contributed by atoms with van der Waals surface area (Å²) in [5, 5.41) is 8.97. The van der Waals surface area contributed by atoms with Crippen LogP contribution in [0.3, 0.4) is 0 Å². The van der Waals surface area contributed by atoms with Crippen LogP contribution in [-0.2, 0) is 0 Å². The van der Waals surface area contributed by atoms with Gasteiger partial charge in [0.15, 0.2) is 5.78 Å². The van der Waals surface area contributed by atoms with Crippen LogP contribution in [0.4, 0.5) is 11.4 Å². The Labute approximate surface area is 132 Å². The molecule has 5 nitrogen and oxygen atoms in total. The van der Waals surface area contributed by atoms with Crippen molar-refractivity contribution in [2.75, 3.05) is 0 Å². The Bertz CT molecular complexity index is 970. The zero-order chi connectivity index (χ0) is 16.4. The van der Waals surface area contributed by atoms with Gasteiger partial charge >= 0.3 is 5.63 Å². The minimum atomic E-state index is -0.626. The first kappa shape index (κ1) is 14.8. The third-order valence-electron chi connectivity index (χ3n) is 3.41. The molecule has 1 aromatic heterocycles. The third-order valence-corrected chi connectivity index (χ3v) is 3.41. The third kappa shape index (κ3) is 3.23. The molecule has 2 aromatic carbocycles. The first-order valence-electron chi connectivity index (χ1n) is 7.10. The SMILES string of the molecule is CC(=O)c1cc2cc(N=Nc3ccc(C)cc3)ccc2oc1=O. The second kappa shape index (κ2) is 5.96. The Balaban J connectivity index is 1.99. The highest BCUT2D eigenvalue weighted by Crippen LogP contribution is 2.23. The lowest BCUT2D eigenvalue weighted by Crippen LogP contribution is -2.10.